The van der Waals surface area contributed by atoms with Crippen LogP contribution in [0.5, 0.6) is 5.75 Å². The third-order valence-electron chi connectivity index (χ3n) is 4.16. The molecule has 108 valence electrons. The van der Waals surface area contributed by atoms with E-state index in [0.29, 0.717) is 5.75 Å². The Kier molecular flexibility index (Phi) is 2.97. The first kappa shape index (κ1) is 13.6. The standard InChI is InChI=1S/C17H19N3O/c1-9-8-14(6-7-15(9)21)20-12(4)16-10(2)18-19-11(3)17(16)13(20)5/h6-8,21H,1-5H3. The number of aromatic nitrogens is 3. The number of benzene rings is 1. The first-order valence-corrected chi connectivity index (χ1v) is 7.03. The molecule has 0 aliphatic heterocycles. The van der Waals surface area contributed by atoms with E-state index in [4.69, 9.17) is 0 Å². The van der Waals surface area contributed by atoms with Gasteiger partial charge in [0, 0.05) is 27.8 Å². The highest BCUT2D eigenvalue weighted by Crippen LogP contribution is 2.32. The lowest BCUT2D eigenvalue weighted by Gasteiger charge is -2.11. The molecule has 0 amide bonds. The highest BCUT2D eigenvalue weighted by atomic mass is 16.3. The Balaban J connectivity index is 2.41. The molecule has 0 radical (unpaired) electrons. The molecule has 2 heterocycles. The molecule has 21 heavy (non-hydrogen) atoms. The number of aryl methyl sites for hydroxylation is 5. The fourth-order valence-corrected chi connectivity index (χ4v) is 3.14. The summed E-state index contributed by atoms with van der Waals surface area (Å²) in [6.45, 7) is 10.1. The summed E-state index contributed by atoms with van der Waals surface area (Å²) in [5.41, 5.74) is 6.13. The van der Waals surface area contributed by atoms with Gasteiger partial charge in [-0.3, -0.25) is 0 Å². The van der Waals surface area contributed by atoms with Gasteiger partial charge in [-0.15, -0.1) is 0 Å². The first-order chi connectivity index (χ1) is 9.91. The van der Waals surface area contributed by atoms with Crippen LogP contribution in [-0.4, -0.2) is 19.9 Å². The number of rotatable bonds is 1. The van der Waals surface area contributed by atoms with Crippen molar-refractivity contribution in [2.75, 3.05) is 0 Å². The average Bonchev–Trinajstić information content (AvgIpc) is 2.70. The van der Waals surface area contributed by atoms with Crippen LogP contribution < -0.4 is 0 Å². The van der Waals surface area contributed by atoms with Gasteiger partial charge in [-0.05, 0) is 58.4 Å². The van der Waals surface area contributed by atoms with E-state index >= 15 is 0 Å². The van der Waals surface area contributed by atoms with Crippen molar-refractivity contribution in [1.82, 2.24) is 14.8 Å². The van der Waals surface area contributed by atoms with Crippen LogP contribution in [0.2, 0.25) is 0 Å². The van der Waals surface area contributed by atoms with Crippen molar-refractivity contribution < 1.29 is 5.11 Å². The smallest absolute Gasteiger partial charge is 0.118 e. The van der Waals surface area contributed by atoms with Crippen LogP contribution in [0.3, 0.4) is 0 Å². The van der Waals surface area contributed by atoms with Gasteiger partial charge in [0.05, 0.1) is 11.4 Å². The van der Waals surface area contributed by atoms with E-state index in [9.17, 15) is 5.11 Å². The van der Waals surface area contributed by atoms with Gasteiger partial charge in [-0.25, -0.2) is 0 Å². The molecule has 0 unspecified atom stereocenters. The summed E-state index contributed by atoms with van der Waals surface area (Å²) in [5.74, 6) is 0.321. The number of phenolic OH excluding ortho intramolecular Hbond substituents is 1. The lowest BCUT2D eigenvalue weighted by molar-refractivity contribution is 0.471. The largest absolute Gasteiger partial charge is 0.508 e. The van der Waals surface area contributed by atoms with Crippen molar-refractivity contribution in [3.05, 3.63) is 46.5 Å². The zero-order valence-electron chi connectivity index (χ0n) is 13.0. The maximum absolute atomic E-state index is 9.73. The lowest BCUT2D eigenvalue weighted by Crippen LogP contribution is -1.99. The van der Waals surface area contributed by atoms with Crippen LogP contribution >= 0.6 is 0 Å². The van der Waals surface area contributed by atoms with Crippen LogP contribution in [0, 0.1) is 34.6 Å². The summed E-state index contributed by atoms with van der Waals surface area (Å²) in [4.78, 5) is 0. The number of hydrogen-bond donors (Lipinski definition) is 1. The molecule has 4 nitrogen and oxygen atoms in total. The molecule has 4 heteroatoms. The van der Waals surface area contributed by atoms with Gasteiger partial charge >= 0.3 is 0 Å². The quantitative estimate of drug-likeness (QED) is 0.740. The fourth-order valence-electron chi connectivity index (χ4n) is 3.14. The van der Waals surface area contributed by atoms with Crippen LogP contribution in [0.15, 0.2) is 18.2 Å². The van der Waals surface area contributed by atoms with Crippen molar-refractivity contribution in [1.29, 1.82) is 0 Å². The fraction of sp³-hybridized carbons (Fsp3) is 0.294. The molecule has 0 aliphatic carbocycles. The van der Waals surface area contributed by atoms with Gasteiger partial charge in [0.1, 0.15) is 5.75 Å². The maximum atomic E-state index is 9.73. The Labute approximate surface area is 124 Å². The highest BCUT2D eigenvalue weighted by Gasteiger charge is 2.17. The highest BCUT2D eigenvalue weighted by molar-refractivity contribution is 5.92. The number of hydrogen-bond acceptors (Lipinski definition) is 3. The maximum Gasteiger partial charge on any atom is 0.118 e. The molecular formula is C17H19N3O. The van der Waals surface area contributed by atoms with E-state index in [1.165, 1.54) is 10.8 Å². The predicted octanol–water partition coefficient (Wildman–Crippen LogP) is 3.67. The molecule has 3 rings (SSSR count). The van der Waals surface area contributed by atoms with Gasteiger partial charge in [0.2, 0.25) is 0 Å². The van der Waals surface area contributed by atoms with Crippen molar-refractivity contribution in [2.45, 2.75) is 34.6 Å². The summed E-state index contributed by atoms with van der Waals surface area (Å²) in [5, 5.41) is 20.6. The third-order valence-corrected chi connectivity index (χ3v) is 4.16. The monoisotopic (exact) mass is 281 g/mol. The summed E-state index contributed by atoms with van der Waals surface area (Å²) in [7, 11) is 0. The molecule has 0 bridgehead atoms. The molecule has 0 atom stereocenters. The van der Waals surface area contributed by atoms with E-state index in [1.54, 1.807) is 6.07 Å². The van der Waals surface area contributed by atoms with Crippen LogP contribution in [0.25, 0.3) is 16.5 Å². The minimum atomic E-state index is 0.321. The molecule has 1 aromatic carbocycles. The molecule has 0 saturated heterocycles. The topological polar surface area (TPSA) is 50.9 Å². The normalized spacial score (nSPS) is 11.3. The molecule has 1 N–H and O–H groups in total. The van der Waals surface area contributed by atoms with E-state index in [0.717, 1.165) is 34.0 Å². The lowest BCUT2D eigenvalue weighted by atomic mass is 10.1. The average molecular weight is 281 g/mol. The van der Waals surface area contributed by atoms with E-state index in [1.807, 2.05) is 32.9 Å². The molecule has 0 saturated carbocycles. The molecule has 0 fully saturated rings. The van der Waals surface area contributed by atoms with Gasteiger partial charge in [-0.2, -0.15) is 10.2 Å². The minimum absolute atomic E-state index is 0.321. The predicted molar refractivity (Wildman–Crippen MR) is 84.2 cm³/mol. The number of nitrogens with zero attached hydrogens (tertiary/aromatic N) is 3. The van der Waals surface area contributed by atoms with Crippen molar-refractivity contribution in [2.24, 2.45) is 0 Å². The Hall–Kier alpha value is -2.36. The Morgan fingerprint density at radius 2 is 1.38 bits per heavy atom. The molecule has 3 aromatic rings. The summed E-state index contributed by atoms with van der Waals surface area (Å²) in [6.07, 6.45) is 0. The molecule has 2 aromatic heterocycles. The molecule has 0 aliphatic rings. The summed E-state index contributed by atoms with van der Waals surface area (Å²) in [6, 6.07) is 5.68. The van der Waals surface area contributed by atoms with Gasteiger partial charge < -0.3 is 9.67 Å². The Bertz CT molecular complexity index is 817. The summed E-state index contributed by atoms with van der Waals surface area (Å²) >= 11 is 0. The second-order valence-electron chi connectivity index (χ2n) is 5.60. The van der Waals surface area contributed by atoms with Crippen LogP contribution in [0.4, 0.5) is 0 Å². The zero-order valence-corrected chi connectivity index (χ0v) is 13.0. The Morgan fingerprint density at radius 3 is 1.86 bits per heavy atom. The molecular weight excluding hydrogens is 262 g/mol. The van der Waals surface area contributed by atoms with E-state index < -0.39 is 0 Å². The zero-order chi connectivity index (χ0) is 15.3. The van der Waals surface area contributed by atoms with Gasteiger partial charge in [-0.1, -0.05) is 0 Å². The van der Waals surface area contributed by atoms with Gasteiger partial charge in [0.15, 0.2) is 0 Å². The third kappa shape index (κ3) is 1.90. The number of aromatic hydroxyl groups is 1. The molecule has 0 spiro atoms. The second kappa shape index (κ2) is 4.58. The summed E-state index contributed by atoms with van der Waals surface area (Å²) < 4.78 is 2.21. The van der Waals surface area contributed by atoms with Crippen LogP contribution in [0.1, 0.15) is 28.3 Å². The van der Waals surface area contributed by atoms with Crippen molar-refractivity contribution in [3.63, 3.8) is 0 Å². The number of fused-ring (bicyclic) bond motifs is 1. The van der Waals surface area contributed by atoms with Crippen LogP contribution in [-0.2, 0) is 0 Å². The minimum Gasteiger partial charge on any atom is -0.508 e. The van der Waals surface area contributed by atoms with Crippen molar-refractivity contribution in [3.8, 4) is 11.4 Å². The van der Waals surface area contributed by atoms with E-state index in [2.05, 4.69) is 28.6 Å². The Morgan fingerprint density at radius 1 is 0.857 bits per heavy atom. The first-order valence-electron chi connectivity index (χ1n) is 7.03. The van der Waals surface area contributed by atoms with E-state index in [-0.39, 0.29) is 0 Å². The van der Waals surface area contributed by atoms with Crippen molar-refractivity contribution >= 4 is 10.8 Å². The van der Waals surface area contributed by atoms with Gasteiger partial charge in [0.25, 0.3) is 0 Å². The SMILES string of the molecule is Cc1cc(-n2c(C)c3c(C)nnc(C)c3c2C)ccc1O. The number of phenols is 1. The second-order valence-corrected chi connectivity index (χ2v) is 5.60.